The average Bonchev–Trinajstić information content (AvgIpc) is 3.14. The van der Waals surface area contributed by atoms with Crippen molar-refractivity contribution in [3.8, 4) is 5.75 Å². The van der Waals surface area contributed by atoms with Gasteiger partial charge in [-0.2, -0.15) is 8.42 Å². The third-order valence-corrected chi connectivity index (χ3v) is 9.68. The zero-order valence-corrected chi connectivity index (χ0v) is 15.6. The van der Waals surface area contributed by atoms with E-state index in [4.69, 9.17) is 4.74 Å². The Labute approximate surface area is 142 Å². The predicted octanol–water partition coefficient (Wildman–Crippen LogP) is 2.45. The molecule has 0 radical (unpaired) electrons. The Hall–Kier alpha value is -1.43. The molecular formula is C12H13NO6S4. The van der Waals surface area contributed by atoms with Crippen LogP contribution >= 0.6 is 22.7 Å². The van der Waals surface area contributed by atoms with Gasteiger partial charge in [0.2, 0.25) is 0 Å². The van der Waals surface area contributed by atoms with Crippen LogP contribution in [-0.4, -0.2) is 39.1 Å². The second-order valence-corrected chi connectivity index (χ2v) is 10.6. The SMILES string of the molecule is COC(=O)c1csc(S(=O)(=O)N=[S@](C)(=O)c2cccs2)c1OC. The smallest absolute Gasteiger partial charge is 0.342 e. The minimum atomic E-state index is -4.27. The molecule has 23 heavy (non-hydrogen) atoms. The molecule has 0 bridgehead atoms. The third-order valence-electron chi connectivity index (χ3n) is 2.67. The molecule has 0 fully saturated rings. The van der Waals surface area contributed by atoms with E-state index >= 15 is 0 Å². The Morgan fingerprint density at radius 3 is 2.43 bits per heavy atom. The van der Waals surface area contributed by atoms with E-state index in [1.165, 1.54) is 25.9 Å². The van der Waals surface area contributed by atoms with Crippen molar-refractivity contribution in [2.24, 2.45) is 3.77 Å². The van der Waals surface area contributed by atoms with E-state index in [9.17, 15) is 17.4 Å². The summed E-state index contributed by atoms with van der Waals surface area (Å²) in [5.74, 6) is -0.887. The van der Waals surface area contributed by atoms with E-state index in [0.29, 0.717) is 4.21 Å². The van der Waals surface area contributed by atoms with Crippen molar-refractivity contribution >= 4 is 48.4 Å². The maximum Gasteiger partial charge on any atom is 0.342 e. The van der Waals surface area contributed by atoms with Gasteiger partial charge in [0, 0.05) is 11.6 Å². The van der Waals surface area contributed by atoms with Gasteiger partial charge in [0.1, 0.15) is 9.77 Å². The van der Waals surface area contributed by atoms with Gasteiger partial charge in [0.15, 0.2) is 9.96 Å². The Kier molecular flexibility index (Phi) is 5.14. The van der Waals surface area contributed by atoms with E-state index < -0.39 is 25.7 Å². The second kappa shape index (κ2) is 6.59. The quantitative estimate of drug-likeness (QED) is 0.721. The number of thiophene rings is 2. The molecule has 2 aromatic rings. The number of ether oxygens (including phenoxy) is 2. The fourth-order valence-electron chi connectivity index (χ4n) is 1.69. The first-order chi connectivity index (χ1) is 10.7. The van der Waals surface area contributed by atoms with Gasteiger partial charge >= 0.3 is 16.0 Å². The van der Waals surface area contributed by atoms with Crippen molar-refractivity contribution in [3.05, 3.63) is 28.5 Å². The zero-order valence-electron chi connectivity index (χ0n) is 12.3. The molecule has 0 saturated heterocycles. The molecule has 126 valence electrons. The Bertz CT molecular complexity index is 932. The van der Waals surface area contributed by atoms with Crippen LogP contribution in [0.25, 0.3) is 0 Å². The highest BCUT2D eigenvalue weighted by molar-refractivity contribution is 8.04. The molecule has 0 aromatic carbocycles. The van der Waals surface area contributed by atoms with Crippen LogP contribution in [0.4, 0.5) is 0 Å². The van der Waals surface area contributed by atoms with Crippen molar-refractivity contribution in [2.75, 3.05) is 20.5 Å². The summed E-state index contributed by atoms with van der Waals surface area (Å²) >= 11 is 1.91. The predicted molar refractivity (Wildman–Crippen MR) is 88.5 cm³/mol. The highest BCUT2D eigenvalue weighted by Crippen LogP contribution is 2.37. The molecule has 0 aliphatic rings. The normalized spacial score (nSPS) is 14.0. The Morgan fingerprint density at radius 2 is 1.91 bits per heavy atom. The molecule has 0 aliphatic carbocycles. The Balaban J connectivity index is 2.60. The molecule has 0 unspecified atom stereocenters. The lowest BCUT2D eigenvalue weighted by Crippen LogP contribution is -2.06. The van der Waals surface area contributed by atoms with Gasteiger partial charge in [-0.1, -0.05) is 6.07 Å². The summed E-state index contributed by atoms with van der Waals surface area (Å²) in [7, 11) is -4.98. The van der Waals surface area contributed by atoms with Crippen molar-refractivity contribution in [1.29, 1.82) is 0 Å². The maximum absolute atomic E-state index is 12.6. The summed E-state index contributed by atoms with van der Waals surface area (Å²) in [6.07, 6.45) is 1.25. The molecule has 2 aromatic heterocycles. The molecule has 2 rings (SSSR count). The second-order valence-electron chi connectivity index (χ2n) is 4.25. The van der Waals surface area contributed by atoms with E-state index in [0.717, 1.165) is 22.7 Å². The molecule has 0 saturated carbocycles. The fourth-order valence-corrected chi connectivity index (χ4v) is 7.75. The van der Waals surface area contributed by atoms with Gasteiger partial charge in [-0.25, -0.2) is 9.00 Å². The van der Waals surface area contributed by atoms with Gasteiger partial charge in [0.25, 0.3) is 0 Å². The number of rotatable bonds is 5. The van der Waals surface area contributed by atoms with Crippen LogP contribution in [0.1, 0.15) is 10.4 Å². The molecule has 2 heterocycles. The van der Waals surface area contributed by atoms with Crippen molar-refractivity contribution < 1.29 is 26.9 Å². The lowest BCUT2D eigenvalue weighted by molar-refractivity contribution is 0.0597. The summed E-state index contributed by atoms with van der Waals surface area (Å²) in [4.78, 5) is 11.6. The topological polar surface area (TPSA) is 99.1 Å². The lowest BCUT2D eigenvalue weighted by atomic mass is 10.3. The summed E-state index contributed by atoms with van der Waals surface area (Å²) < 4.78 is 50.7. The van der Waals surface area contributed by atoms with Crippen molar-refractivity contribution in [3.63, 3.8) is 0 Å². The van der Waals surface area contributed by atoms with Crippen LogP contribution in [0, 0.1) is 0 Å². The summed E-state index contributed by atoms with van der Waals surface area (Å²) in [5, 5.41) is 2.98. The number of hydrogen-bond acceptors (Lipinski definition) is 8. The van der Waals surface area contributed by atoms with Gasteiger partial charge in [-0.15, -0.1) is 26.4 Å². The largest absolute Gasteiger partial charge is 0.493 e. The molecule has 0 aliphatic heterocycles. The first-order valence-electron chi connectivity index (χ1n) is 5.98. The van der Waals surface area contributed by atoms with Crippen LogP contribution in [0.3, 0.4) is 0 Å². The zero-order chi connectivity index (χ0) is 17.3. The molecule has 0 spiro atoms. The summed E-state index contributed by atoms with van der Waals surface area (Å²) in [6.45, 7) is 0. The fraction of sp³-hybridized carbons (Fsp3) is 0.250. The number of sulfonamides is 1. The van der Waals surface area contributed by atoms with Gasteiger partial charge in [0.05, 0.1) is 23.9 Å². The van der Waals surface area contributed by atoms with Gasteiger partial charge in [-0.3, -0.25) is 0 Å². The van der Waals surface area contributed by atoms with Crippen LogP contribution in [0.15, 0.2) is 35.1 Å². The summed E-state index contributed by atoms with van der Waals surface area (Å²) in [6, 6.07) is 3.21. The number of carbonyl (C=O) groups excluding carboxylic acids is 1. The molecule has 0 N–H and O–H groups in total. The molecule has 7 nitrogen and oxygen atoms in total. The number of hydrogen-bond donors (Lipinski definition) is 0. The molecule has 0 amide bonds. The van der Waals surface area contributed by atoms with Crippen LogP contribution < -0.4 is 4.74 Å². The monoisotopic (exact) mass is 395 g/mol. The van der Waals surface area contributed by atoms with Crippen LogP contribution in [0.2, 0.25) is 0 Å². The number of nitrogens with zero attached hydrogens (tertiary/aromatic N) is 1. The van der Waals surface area contributed by atoms with Crippen LogP contribution in [-0.2, 0) is 24.5 Å². The molecular weight excluding hydrogens is 382 g/mol. The highest BCUT2D eigenvalue weighted by atomic mass is 32.3. The first-order valence-corrected chi connectivity index (χ1v) is 11.1. The van der Waals surface area contributed by atoms with E-state index in [1.54, 1.807) is 17.5 Å². The van der Waals surface area contributed by atoms with Crippen molar-refractivity contribution in [2.45, 2.75) is 8.42 Å². The third kappa shape index (κ3) is 3.57. The minimum Gasteiger partial charge on any atom is -0.493 e. The highest BCUT2D eigenvalue weighted by Gasteiger charge is 2.29. The number of carbonyl (C=O) groups is 1. The molecule has 11 heteroatoms. The lowest BCUT2D eigenvalue weighted by Gasteiger charge is -2.05. The van der Waals surface area contributed by atoms with Crippen molar-refractivity contribution in [1.82, 2.24) is 0 Å². The Morgan fingerprint density at radius 1 is 1.22 bits per heavy atom. The van der Waals surface area contributed by atoms with Gasteiger partial charge in [-0.05, 0) is 11.4 Å². The number of methoxy groups -OCH3 is 2. The standard InChI is InChI=1S/C12H13NO6S4/c1-18-10-8(11(14)19-2)7-21-12(10)23(16,17)13-22(3,15)9-5-4-6-20-9/h4-7H,1-3H3/t22-/m1/s1. The summed E-state index contributed by atoms with van der Waals surface area (Å²) in [5.41, 5.74) is -0.0208. The van der Waals surface area contributed by atoms with E-state index in [2.05, 4.69) is 8.50 Å². The first kappa shape index (κ1) is 17.9. The van der Waals surface area contributed by atoms with Crippen LogP contribution in [0.5, 0.6) is 5.75 Å². The maximum atomic E-state index is 12.6. The van der Waals surface area contributed by atoms with E-state index in [-0.39, 0.29) is 15.5 Å². The molecule has 1 atom stereocenters. The average molecular weight is 396 g/mol. The van der Waals surface area contributed by atoms with E-state index in [1.807, 2.05) is 0 Å². The van der Waals surface area contributed by atoms with Gasteiger partial charge < -0.3 is 9.47 Å². The number of esters is 1. The minimum absolute atomic E-state index is 0.0208.